The van der Waals surface area contributed by atoms with Gasteiger partial charge in [-0.2, -0.15) is 0 Å². The number of aliphatic hydroxyl groups excluding tert-OH is 4. The molecule has 0 heterocycles. The Morgan fingerprint density at radius 3 is 2.17 bits per heavy atom. The molecule has 0 spiro atoms. The van der Waals surface area contributed by atoms with Gasteiger partial charge in [-0.1, -0.05) is 41.5 Å². The topological polar surface area (TPSA) is 98.0 Å². The van der Waals surface area contributed by atoms with Gasteiger partial charge in [-0.3, -0.25) is 4.79 Å². The van der Waals surface area contributed by atoms with Crippen LogP contribution in [0.3, 0.4) is 0 Å². The maximum Gasteiger partial charge on any atom is 0.136 e. The van der Waals surface area contributed by atoms with Gasteiger partial charge in [0.05, 0.1) is 24.4 Å². The molecule has 13 atom stereocenters. The van der Waals surface area contributed by atoms with E-state index >= 15 is 0 Å². The highest BCUT2D eigenvalue weighted by Gasteiger charge is 2.61. The number of aliphatic hydroxyl groups is 4. The van der Waals surface area contributed by atoms with E-state index in [0.717, 1.165) is 38.5 Å². The van der Waals surface area contributed by atoms with Crippen molar-refractivity contribution in [1.82, 2.24) is 0 Å². The SMILES string of the molecule is CC(C)[C@H](C)[C@@H](O)[C@H](O)[C@@H](C)[C@H]1CCC2C3CCCC(=O)[C@H]4C[C@H](O)[C@H](O)C[C@]4(C)C3CC[C@@]21C. The summed E-state index contributed by atoms with van der Waals surface area (Å²) >= 11 is 0. The van der Waals surface area contributed by atoms with Crippen molar-refractivity contribution in [3.8, 4) is 0 Å². The van der Waals surface area contributed by atoms with Crippen molar-refractivity contribution in [1.29, 1.82) is 0 Å². The Hall–Kier alpha value is -0.490. The molecule has 0 saturated heterocycles. The van der Waals surface area contributed by atoms with Crippen molar-refractivity contribution in [3.05, 3.63) is 0 Å². The lowest BCUT2D eigenvalue weighted by Crippen LogP contribution is -2.57. The number of ketones is 1. The van der Waals surface area contributed by atoms with E-state index in [4.69, 9.17) is 0 Å². The minimum Gasteiger partial charge on any atom is -0.390 e. The largest absolute Gasteiger partial charge is 0.390 e. The van der Waals surface area contributed by atoms with Crippen LogP contribution in [0.4, 0.5) is 0 Å². The maximum absolute atomic E-state index is 13.2. The van der Waals surface area contributed by atoms with E-state index in [2.05, 4.69) is 34.6 Å². The predicted octanol–water partition coefficient (Wildman–Crippen LogP) is 4.59. The smallest absolute Gasteiger partial charge is 0.136 e. The molecule has 5 nitrogen and oxygen atoms in total. The summed E-state index contributed by atoms with van der Waals surface area (Å²) in [6.07, 6.45) is 4.91. The summed E-state index contributed by atoms with van der Waals surface area (Å²) in [5, 5.41) is 43.2. The van der Waals surface area contributed by atoms with Gasteiger partial charge in [0.25, 0.3) is 0 Å². The number of hydrogen-bond acceptors (Lipinski definition) is 5. The molecule has 35 heavy (non-hydrogen) atoms. The number of hydrogen-bond donors (Lipinski definition) is 4. The molecule has 4 aliphatic rings. The Kier molecular flexibility index (Phi) is 7.87. The Labute approximate surface area is 213 Å². The second-order valence-corrected chi connectivity index (χ2v) is 14.0. The fourth-order valence-corrected chi connectivity index (χ4v) is 9.66. The molecule has 0 aromatic carbocycles. The van der Waals surface area contributed by atoms with Gasteiger partial charge in [0.2, 0.25) is 0 Å². The molecule has 0 bridgehead atoms. The number of Topliss-reactive ketones (excluding diaryl/α,β-unsaturated/α-hetero) is 1. The Morgan fingerprint density at radius 1 is 0.857 bits per heavy atom. The third kappa shape index (κ3) is 4.55. The molecule has 202 valence electrons. The van der Waals surface area contributed by atoms with Crippen molar-refractivity contribution in [2.24, 2.45) is 58.2 Å². The van der Waals surface area contributed by atoms with Gasteiger partial charge in [0.1, 0.15) is 5.78 Å². The van der Waals surface area contributed by atoms with Gasteiger partial charge in [-0.25, -0.2) is 0 Å². The minimum absolute atomic E-state index is 0.0443. The lowest BCUT2D eigenvalue weighted by atomic mass is 9.46. The Bertz CT molecular complexity index is 768. The van der Waals surface area contributed by atoms with Crippen LogP contribution in [-0.4, -0.2) is 50.6 Å². The first-order valence-corrected chi connectivity index (χ1v) is 14.6. The van der Waals surface area contributed by atoms with Crippen LogP contribution >= 0.6 is 0 Å². The normalized spacial score (nSPS) is 47.6. The fraction of sp³-hybridized carbons (Fsp3) is 0.967. The second kappa shape index (κ2) is 10.0. The first-order valence-electron chi connectivity index (χ1n) is 14.6. The van der Waals surface area contributed by atoms with Crippen LogP contribution in [0.2, 0.25) is 0 Å². The highest BCUT2D eigenvalue weighted by molar-refractivity contribution is 5.82. The van der Waals surface area contributed by atoms with Crippen LogP contribution in [0.1, 0.15) is 99.3 Å². The molecule has 4 N–H and O–H groups in total. The van der Waals surface area contributed by atoms with E-state index in [1.807, 2.05) is 6.92 Å². The summed E-state index contributed by atoms with van der Waals surface area (Å²) < 4.78 is 0. The minimum atomic E-state index is -0.790. The zero-order valence-corrected chi connectivity index (χ0v) is 23.0. The first kappa shape index (κ1) is 27.5. The highest BCUT2D eigenvalue weighted by atomic mass is 16.3. The first-order chi connectivity index (χ1) is 16.3. The van der Waals surface area contributed by atoms with Gasteiger partial charge in [0.15, 0.2) is 0 Å². The quantitative estimate of drug-likeness (QED) is 0.450. The van der Waals surface area contributed by atoms with Gasteiger partial charge in [-0.15, -0.1) is 0 Å². The van der Waals surface area contributed by atoms with Gasteiger partial charge in [-0.05, 0) is 104 Å². The summed E-state index contributed by atoms with van der Waals surface area (Å²) in [6, 6.07) is 0. The van der Waals surface area contributed by atoms with Crippen molar-refractivity contribution >= 4 is 5.78 Å². The van der Waals surface area contributed by atoms with Crippen molar-refractivity contribution in [2.75, 3.05) is 0 Å². The zero-order valence-electron chi connectivity index (χ0n) is 23.0. The van der Waals surface area contributed by atoms with Crippen LogP contribution in [0.25, 0.3) is 0 Å². The molecule has 0 aromatic rings. The molecule has 4 rings (SSSR count). The van der Waals surface area contributed by atoms with E-state index in [-0.39, 0.29) is 28.6 Å². The molecule has 0 radical (unpaired) electrons. The standard InChI is InChI=1S/C30H52O5/c1-16(2)17(3)27(34)28(35)18(4)20-10-11-21-19-8-7-9-24(31)23-14-25(32)26(33)15-30(23,6)22(19)12-13-29(20,21)5/h16-23,25-28,32-35H,7-15H2,1-6H3/t17-,18-,19?,20+,21?,22?,23+,25-,26+,27+,28+,29+,30+/m0/s1. The molecular formula is C30H52O5. The summed E-state index contributed by atoms with van der Waals surface area (Å²) in [4.78, 5) is 13.2. The molecular weight excluding hydrogens is 440 g/mol. The highest BCUT2D eigenvalue weighted by Crippen LogP contribution is 2.66. The summed E-state index contributed by atoms with van der Waals surface area (Å²) in [7, 11) is 0. The average Bonchev–Trinajstić information content (AvgIpc) is 3.15. The van der Waals surface area contributed by atoms with Crippen LogP contribution in [-0.2, 0) is 4.79 Å². The Morgan fingerprint density at radius 2 is 1.51 bits per heavy atom. The molecule has 3 unspecified atom stereocenters. The van der Waals surface area contributed by atoms with Crippen molar-refractivity contribution < 1.29 is 25.2 Å². The van der Waals surface area contributed by atoms with Crippen molar-refractivity contribution in [3.63, 3.8) is 0 Å². The zero-order chi connectivity index (χ0) is 25.9. The van der Waals surface area contributed by atoms with E-state index in [1.54, 1.807) is 0 Å². The summed E-state index contributed by atoms with van der Waals surface area (Å²) in [6.45, 7) is 13.1. The lowest BCUT2D eigenvalue weighted by Gasteiger charge is -2.59. The van der Waals surface area contributed by atoms with E-state index in [1.165, 1.54) is 0 Å². The molecule has 0 aliphatic heterocycles. The van der Waals surface area contributed by atoms with Crippen LogP contribution in [0.15, 0.2) is 0 Å². The third-order valence-corrected chi connectivity index (χ3v) is 12.2. The summed E-state index contributed by atoms with van der Waals surface area (Å²) in [5.74, 6) is 2.41. The average molecular weight is 493 g/mol. The van der Waals surface area contributed by atoms with E-state index in [9.17, 15) is 25.2 Å². The number of carbonyl (C=O) groups is 1. The number of fused-ring (bicyclic) bond motifs is 5. The van der Waals surface area contributed by atoms with E-state index < -0.39 is 24.4 Å². The monoisotopic (exact) mass is 492 g/mol. The molecule has 4 fully saturated rings. The van der Waals surface area contributed by atoms with Crippen LogP contribution < -0.4 is 0 Å². The van der Waals surface area contributed by atoms with Crippen LogP contribution in [0, 0.1) is 58.2 Å². The molecule has 0 aromatic heterocycles. The predicted molar refractivity (Wildman–Crippen MR) is 137 cm³/mol. The number of rotatable bonds is 5. The Balaban J connectivity index is 1.59. The second-order valence-electron chi connectivity index (χ2n) is 14.0. The summed E-state index contributed by atoms with van der Waals surface area (Å²) in [5.41, 5.74) is -0.127. The van der Waals surface area contributed by atoms with Crippen molar-refractivity contribution in [2.45, 2.75) is 124 Å². The molecule has 4 saturated carbocycles. The van der Waals surface area contributed by atoms with Gasteiger partial charge >= 0.3 is 0 Å². The van der Waals surface area contributed by atoms with Gasteiger partial charge in [0, 0.05) is 12.3 Å². The molecule has 0 amide bonds. The molecule has 4 aliphatic carbocycles. The number of carbonyl (C=O) groups excluding carboxylic acids is 1. The molecule has 5 heteroatoms. The van der Waals surface area contributed by atoms with Gasteiger partial charge < -0.3 is 20.4 Å². The van der Waals surface area contributed by atoms with E-state index in [0.29, 0.717) is 54.6 Å². The maximum atomic E-state index is 13.2. The van der Waals surface area contributed by atoms with Crippen LogP contribution in [0.5, 0.6) is 0 Å². The lowest BCUT2D eigenvalue weighted by molar-refractivity contribution is -0.161. The third-order valence-electron chi connectivity index (χ3n) is 12.2. The fourth-order valence-electron chi connectivity index (χ4n) is 9.66.